The lowest BCUT2D eigenvalue weighted by atomic mass is 10.2. The number of aromatic nitrogens is 1. The van der Waals surface area contributed by atoms with Crippen molar-refractivity contribution in [3.8, 4) is 11.6 Å². The Balaban J connectivity index is 2.32. The summed E-state index contributed by atoms with van der Waals surface area (Å²) in [4.78, 5) is 3.57. The van der Waals surface area contributed by atoms with Gasteiger partial charge >= 0.3 is 0 Å². The minimum absolute atomic E-state index is 0.174. The zero-order chi connectivity index (χ0) is 13.8. The van der Waals surface area contributed by atoms with Crippen LogP contribution in [0.5, 0.6) is 11.6 Å². The van der Waals surface area contributed by atoms with E-state index in [1.807, 2.05) is 5.43 Å². The van der Waals surface area contributed by atoms with Gasteiger partial charge in [-0.15, -0.1) is 0 Å². The van der Waals surface area contributed by atoms with E-state index in [-0.39, 0.29) is 18.2 Å². The molecule has 0 radical (unpaired) electrons. The topological polar surface area (TPSA) is 80.4 Å². The first kappa shape index (κ1) is 13.2. The third-order valence-corrected chi connectivity index (χ3v) is 2.33. The summed E-state index contributed by atoms with van der Waals surface area (Å²) in [6.45, 7) is -0.174. The molecule has 0 saturated heterocycles. The highest BCUT2D eigenvalue weighted by atomic mass is 19.1. The largest absolute Gasteiger partial charge is 0.436 e. The minimum Gasteiger partial charge on any atom is -0.436 e. The smallest absolute Gasteiger partial charge is 0.258 e. The molecule has 0 aliphatic heterocycles. The summed E-state index contributed by atoms with van der Waals surface area (Å²) in [5.74, 6) is 2.71. The molecule has 7 heteroatoms. The molecular formula is C12H11F2N3O2. The van der Waals surface area contributed by atoms with Gasteiger partial charge in [0.2, 0.25) is 0 Å². The third-order valence-electron chi connectivity index (χ3n) is 2.33. The maximum atomic E-state index is 13.5. The lowest BCUT2D eigenvalue weighted by Gasteiger charge is -2.09. The first-order chi connectivity index (χ1) is 9.13. The van der Waals surface area contributed by atoms with E-state index >= 15 is 0 Å². The van der Waals surface area contributed by atoms with E-state index in [1.165, 1.54) is 6.07 Å². The van der Waals surface area contributed by atoms with Crippen LogP contribution in [0.4, 0.5) is 14.6 Å². The molecule has 2 aromatic rings. The lowest BCUT2D eigenvalue weighted by molar-refractivity contribution is 0.281. The van der Waals surface area contributed by atoms with Crippen LogP contribution in [0.15, 0.2) is 30.3 Å². The average Bonchev–Trinajstić information content (AvgIpc) is 2.42. The van der Waals surface area contributed by atoms with Gasteiger partial charge in [0.05, 0.1) is 6.61 Å². The number of pyridine rings is 1. The van der Waals surface area contributed by atoms with E-state index in [2.05, 4.69) is 4.98 Å². The summed E-state index contributed by atoms with van der Waals surface area (Å²) >= 11 is 0. The number of nitrogens with two attached hydrogens (primary N) is 1. The molecule has 2 rings (SSSR count). The van der Waals surface area contributed by atoms with Gasteiger partial charge in [0.25, 0.3) is 5.88 Å². The van der Waals surface area contributed by atoms with Crippen LogP contribution in [-0.4, -0.2) is 10.1 Å². The quantitative estimate of drug-likeness (QED) is 0.582. The van der Waals surface area contributed by atoms with Crippen LogP contribution >= 0.6 is 0 Å². The highest BCUT2D eigenvalue weighted by Crippen LogP contribution is 2.26. The number of aliphatic hydroxyl groups excluding tert-OH is 1. The molecule has 100 valence electrons. The number of hydrogen-bond acceptors (Lipinski definition) is 5. The molecule has 0 saturated carbocycles. The van der Waals surface area contributed by atoms with E-state index in [9.17, 15) is 8.78 Å². The molecule has 0 bridgehead atoms. The molecule has 0 fully saturated rings. The van der Waals surface area contributed by atoms with Crippen LogP contribution in [0.2, 0.25) is 0 Å². The number of ether oxygens (including phenoxy) is 1. The SMILES string of the molecule is NNc1nc(Oc2cccc(CO)c2)c(F)cc1F. The van der Waals surface area contributed by atoms with Crippen LogP contribution in [0.1, 0.15) is 5.56 Å². The van der Waals surface area contributed by atoms with Gasteiger partial charge in [0, 0.05) is 6.07 Å². The van der Waals surface area contributed by atoms with Crippen LogP contribution in [0.3, 0.4) is 0 Å². The first-order valence-electron chi connectivity index (χ1n) is 5.34. The van der Waals surface area contributed by atoms with Gasteiger partial charge in [0.1, 0.15) is 5.75 Å². The molecule has 0 aliphatic rings. The van der Waals surface area contributed by atoms with Crippen molar-refractivity contribution in [1.82, 2.24) is 4.98 Å². The number of halogens is 2. The highest BCUT2D eigenvalue weighted by Gasteiger charge is 2.13. The van der Waals surface area contributed by atoms with Crippen molar-refractivity contribution in [1.29, 1.82) is 0 Å². The van der Waals surface area contributed by atoms with Crippen molar-refractivity contribution in [2.75, 3.05) is 5.43 Å². The average molecular weight is 267 g/mol. The molecule has 0 amide bonds. The fourth-order valence-corrected chi connectivity index (χ4v) is 1.44. The number of nitrogens with zero attached hydrogens (tertiary/aromatic N) is 1. The predicted octanol–water partition coefficient (Wildman–Crippen LogP) is 1.93. The Kier molecular flexibility index (Phi) is 3.88. The predicted molar refractivity (Wildman–Crippen MR) is 64.4 cm³/mol. The Bertz CT molecular complexity index is 593. The van der Waals surface area contributed by atoms with Crippen molar-refractivity contribution >= 4 is 5.82 Å². The number of rotatable bonds is 4. The monoisotopic (exact) mass is 267 g/mol. The molecule has 0 aliphatic carbocycles. The standard InChI is InChI=1S/C12H11F2N3O2/c13-9-5-10(14)12(16-11(9)17-15)19-8-3-1-2-7(4-8)6-18/h1-5,18H,6,15H2,(H,16,17). The van der Waals surface area contributed by atoms with E-state index in [0.717, 1.165) is 0 Å². The summed E-state index contributed by atoms with van der Waals surface area (Å²) in [6, 6.07) is 6.99. The Morgan fingerprint density at radius 2 is 2.05 bits per heavy atom. The second-order valence-electron chi connectivity index (χ2n) is 3.66. The lowest BCUT2D eigenvalue weighted by Crippen LogP contribution is -2.11. The van der Waals surface area contributed by atoms with Gasteiger partial charge in [0.15, 0.2) is 17.5 Å². The molecule has 0 atom stereocenters. The van der Waals surface area contributed by atoms with Crippen LogP contribution in [-0.2, 0) is 6.61 Å². The molecule has 4 N–H and O–H groups in total. The molecule has 1 aromatic heterocycles. The van der Waals surface area contributed by atoms with Gasteiger partial charge in [-0.3, -0.25) is 0 Å². The minimum atomic E-state index is -0.953. The van der Waals surface area contributed by atoms with Gasteiger partial charge in [-0.25, -0.2) is 14.6 Å². The van der Waals surface area contributed by atoms with Crippen molar-refractivity contribution < 1.29 is 18.6 Å². The zero-order valence-corrected chi connectivity index (χ0v) is 9.73. The maximum Gasteiger partial charge on any atom is 0.258 e. The highest BCUT2D eigenvalue weighted by molar-refractivity contribution is 5.40. The number of anilines is 1. The van der Waals surface area contributed by atoms with E-state index in [1.54, 1.807) is 18.2 Å². The normalized spacial score (nSPS) is 10.3. The molecule has 1 aromatic carbocycles. The number of benzene rings is 1. The summed E-state index contributed by atoms with van der Waals surface area (Å²) < 4.78 is 31.8. The zero-order valence-electron chi connectivity index (χ0n) is 9.73. The van der Waals surface area contributed by atoms with Gasteiger partial charge in [-0.05, 0) is 17.7 Å². The summed E-state index contributed by atoms with van der Waals surface area (Å²) in [7, 11) is 0. The third kappa shape index (κ3) is 2.95. The molecule has 1 heterocycles. The van der Waals surface area contributed by atoms with Crippen molar-refractivity contribution in [3.63, 3.8) is 0 Å². The van der Waals surface area contributed by atoms with Crippen LogP contribution < -0.4 is 16.0 Å². The number of hydrogen-bond donors (Lipinski definition) is 3. The van der Waals surface area contributed by atoms with E-state index in [0.29, 0.717) is 11.6 Å². The van der Waals surface area contributed by atoms with E-state index < -0.39 is 17.5 Å². The van der Waals surface area contributed by atoms with Crippen LogP contribution in [0.25, 0.3) is 0 Å². The molecule has 19 heavy (non-hydrogen) atoms. The van der Waals surface area contributed by atoms with E-state index in [4.69, 9.17) is 15.7 Å². The second kappa shape index (κ2) is 5.59. The second-order valence-corrected chi connectivity index (χ2v) is 3.66. The fraction of sp³-hybridized carbons (Fsp3) is 0.0833. The summed E-state index contributed by atoms with van der Waals surface area (Å²) in [5.41, 5.74) is 2.59. The van der Waals surface area contributed by atoms with Crippen LogP contribution in [0, 0.1) is 11.6 Å². The molecular weight excluding hydrogens is 256 g/mol. The van der Waals surface area contributed by atoms with Crippen molar-refractivity contribution in [2.24, 2.45) is 5.84 Å². The molecule has 0 spiro atoms. The number of nitrogens with one attached hydrogen (secondary N) is 1. The number of hydrazine groups is 1. The molecule has 0 unspecified atom stereocenters. The van der Waals surface area contributed by atoms with Gasteiger partial charge in [-0.1, -0.05) is 12.1 Å². The Morgan fingerprint density at radius 1 is 1.26 bits per heavy atom. The number of nitrogen functional groups attached to an aromatic ring is 1. The van der Waals surface area contributed by atoms with Gasteiger partial charge < -0.3 is 15.3 Å². The fourth-order valence-electron chi connectivity index (χ4n) is 1.44. The van der Waals surface area contributed by atoms with Gasteiger partial charge in [-0.2, -0.15) is 4.98 Å². The Hall–Kier alpha value is -2.25. The Labute approximate surface area is 107 Å². The maximum absolute atomic E-state index is 13.5. The first-order valence-corrected chi connectivity index (χ1v) is 5.34. The molecule has 5 nitrogen and oxygen atoms in total. The number of aliphatic hydroxyl groups is 1. The Morgan fingerprint density at radius 3 is 2.74 bits per heavy atom. The van der Waals surface area contributed by atoms with Crippen molar-refractivity contribution in [2.45, 2.75) is 6.61 Å². The summed E-state index contributed by atoms with van der Waals surface area (Å²) in [6.07, 6.45) is 0. The van der Waals surface area contributed by atoms with Crippen molar-refractivity contribution in [3.05, 3.63) is 47.5 Å². The summed E-state index contributed by atoms with van der Waals surface area (Å²) in [5, 5.41) is 8.98.